The summed E-state index contributed by atoms with van der Waals surface area (Å²) in [5, 5.41) is 0. The van der Waals surface area contributed by atoms with Crippen molar-refractivity contribution in [3.63, 3.8) is 0 Å². The minimum Gasteiger partial charge on any atom is -0.388 e. The molecule has 0 fully saturated rings. The molecular weight excluding hydrogens is 284 g/mol. The molecule has 0 aliphatic carbocycles. The van der Waals surface area contributed by atoms with Crippen LogP contribution in [0.2, 0.25) is 0 Å². The zero-order chi connectivity index (χ0) is 13.9. The number of pyridine rings is 2. The average Bonchev–Trinajstić information content (AvgIpc) is 2.39. The Morgan fingerprint density at radius 2 is 1.89 bits per heavy atom. The van der Waals surface area contributed by atoms with Gasteiger partial charge >= 0.3 is 0 Å². The number of nitrogens with two attached hydrogens (primary N) is 1. The SMILES string of the molecule is NC(=S)c1ncccc1S(=O)(=O)Nc1ccccn1. The number of thiocarbonyl (C=S) groups is 1. The third-order valence-corrected chi connectivity index (χ3v) is 3.78. The van der Waals surface area contributed by atoms with E-state index in [1.807, 2.05) is 0 Å². The van der Waals surface area contributed by atoms with E-state index in [0.717, 1.165) is 0 Å². The third-order valence-electron chi connectivity index (χ3n) is 2.20. The van der Waals surface area contributed by atoms with Crippen LogP contribution in [-0.4, -0.2) is 23.4 Å². The van der Waals surface area contributed by atoms with Crippen molar-refractivity contribution in [1.29, 1.82) is 0 Å². The highest BCUT2D eigenvalue weighted by Gasteiger charge is 2.20. The Balaban J connectivity index is 2.43. The van der Waals surface area contributed by atoms with Crippen LogP contribution in [-0.2, 0) is 10.0 Å². The number of anilines is 1. The van der Waals surface area contributed by atoms with E-state index in [2.05, 4.69) is 14.7 Å². The van der Waals surface area contributed by atoms with Crippen molar-refractivity contribution in [1.82, 2.24) is 9.97 Å². The van der Waals surface area contributed by atoms with Crippen LogP contribution in [0.25, 0.3) is 0 Å². The molecule has 0 bridgehead atoms. The monoisotopic (exact) mass is 294 g/mol. The standard InChI is InChI=1S/C11H10N4O2S2/c12-11(18)10-8(4-3-7-14-10)19(16,17)15-9-5-1-2-6-13-9/h1-7H,(H2,12,18)(H,13,15). The van der Waals surface area contributed by atoms with Gasteiger partial charge in [0.2, 0.25) is 0 Å². The van der Waals surface area contributed by atoms with Gasteiger partial charge in [0, 0.05) is 12.4 Å². The summed E-state index contributed by atoms with van der Waals surface area (Å²) in [5.41, 5.74) is 5.52. The number of hydrogen-bond donors (Lipinski definition) is 2. The smallest absolute Gasteiger partial charge is 0.265 e. The van der Waals surface area contributed by atoms with Gasteiger partial charge in [-0.05, 0) is 24.3 Å². The molecule has 2 heterocycles. The quantitative estimate of drug-likeness (QED) is 0.813. The van der Waals surface area contributed by atoms with Gasteiger partial charge in [0.15, 0.2) is 0 Å². The lowest BCUT2D eigenvalue weighted by Crippen LogP contribution is -2.21. The first-order chi connectivity index (χ1) is 9.00. The average molecular weight is 294 g/mol. The van der Waals surface area contributed by atoms with E-state index < -0.39 is 10.0 Å². The van der Waals surface area contributed by atoms with Crippen LogP contribution in [0.15, 0.2) is 47.6 Å². The Hall–Kier alpha value is -2.06. The van der Waals surface area contributed by atoms with Crippen LogP contribution < -0.4 is 10.5 Å². The van der Waals surface area contributed by atoms with Crippen LogP contribution >= 0.6 is 12.2 Å². The second kappa shape index (κ2) is 5.29. The molecule has 0 saturated carbocycles. The van der Waals surface area contributed by atoms with E-state index in [1.165, 1.54) is 30.6 Å². The van der Waals surface area contributed by atoms with Gasteiger partial charge in [-0.1, -0.05) is 18.3 Å². The summed E-state index contributed by atoms with van der Waals surface area (Å²) >= 11 is 4.79. The predicted molar refractivity (Wildman–Crippen MR) is 75.2 cm³/mol. The van der Waals surface area contributed by atoms with E-state index in [-0.39, 0.29) is 21.4 Å². The van der Waals surface area contributed by atoms with Crippen molar-refractivity contribution in [2.75, 3.05) is 4.72 Å². The van der Waals surface area contributed by atoms with Gasteiger partial charge in [0.25, 0.3) is 10.0 Å². The number of hydrogen-bond acceptors (Lipinski definition) is 5. The first kappa shape index (κ1) is 13.4. The van der Waals surface area contributed by atoms with Crippen LogP contribution in [0.5, 0.6) is 0 Å². The summed E-state index contributed by atoms with van der Waals surface area (Å²) in [6, 6.07) is 7.76. The topological polar surface area (TPSA) is 98.0 Å². The molecule has 6 nitrogen and oxygen atoms in total. The minimum absolute atomic E-state index is 0.0564. The Bertz CT molecular complexity index is 702. The number of nitrogens with zero attached hydrogens (tertiary/aromatic N) is 2. The summed E-state index contributed by atoms with van der Waals surface area (Å²) in [6.07, 6.45) is 2.91. The lowest BCUT2D eigenvalue weighted by Gasteiger charge is -2.09. The van der Waals surface area contributed by atoms with Gasteiger partial charge in [-0.3, -0.25) is 9.71 Å². The van der Waals surface area contributed by atoms with Crippen LogP contribution in [0.4, 0.5) is 5.82 Å². The molecule has 0 saturated heterocycles. The maximum absolute atomic E-state index is 12.2. The van der Waals surface area contributed by atoms with E-state index >= 15 is 0 Å². The molecule has 19 heavy (non-hydrogen) atoms. The molecule has 2 rings (SSSR count). The summed E-state index contributed by atoms with van der Waals surface area (Å²) in [4.78, 5) is 7.61. The zero-order valence-corrected chi connectivity index (χ0v) is 11.3. The third kappa shape index (κ3) is 3.04. The summed E-state index contributed by atoms with van der Waals surface area (Å²) in [5.74, 6) is 0.209. The second-order valence-corrected chi connectivity index (χ2v) is 5.63. The molecule has 0 spiro atoms. The number of aromatic nitrogens is 2. The van der Waals surface area contributed by atoms with E-state index in [9.17, 15) is 8.42 Å². The summed E-state index contributed by atoms with van der Waals surface area (Å²) in [7, 11) is -3.83. The molecule has 0 amide bonds. The van der Waals surface area contributed by atoms with Gasteiger partial charge in [-0.15, -0.1) is 0 Å². The fraction of sp³-hybridized carbons (Fsp3) is 0. The molecule has 98 valence electrons. The highest BCUT2D eigenvalue weighted by molar-refractivity contribution is 7.93. The summed E-state index contributed by atoms with van der Waals surface area (Å²) < 4.78 is 26.8. The van der Waals surface area contributed by atoms with Gasteiger partial charge < -0.3 is 5.73 Å². The maximum Gasteiger partial charge on any atom is 0.265 e. The highest BCUT2D eigenvalue weighted by atomic mass is 32.2. The molecular formula is C11H10N4O2S2. The lowest BCUT2D eigenvalue weighted by molar-refractivity contribution is 0.600. The van der Waals surface area contributed by atoms with E-state index in [4.69, 9.17) is 18.0 Å². The Kier molecular flexibility index (Phi) is 3.72. The Morgan fingerprint density at radius 3 is 2.53 bits per heavy atom. The number of sulfonamides is 1. The first-order valence-electron chi connectivity index (χ1n) is 5.19. The summed E-state index contributed by atoms with van der Waals surface area (Å²) in [6.45, 7) is 0. The van der Waals surface area contributed by atoms with Gasteiger partial charge in [-0.2, -0.15) is 0 Å². The van der Waals surface area contributed by atoms with Crippen LogP contribution in [0.3, 0.4) is 0 Å². The number of rotatable bonds is 4. The molecule has 0 atom stereocenters. The molecule has 2 aromatic heterocycles. The molecule has 2 aromatic rings. The van der Waals surface area contributed by atoms with E-state index in [0.29, 0.717) is 0 Å². The normalized spacial score (nSPS) is 10.9. The molecule has 3 N–H and O–H groups in total. The highest BCUT2D eigenvalue weighted by Crippen LogP contribution is 2.16. The second-order valence-electron chi connectivity index (χ2n) is 3.53. The molecule has 0 unspecified atom stereocenters. The van der Waals surface area contributed by atoms with E-state index in [1.54, 1.807) is 12.1 Å². The van der Waals surface area contributed by atoms with Crippen molar-refractivity contribution >= 4 is 33.0 Å². The number of nitrogens with one attached hydrogen (secondary N) is 1. The van der Waals surface area contributed by atoms with Crippen molar-refractivity contribution in [3.05, 3.63) is 48.4 Å². The van der Waals surface area contributed by atoms with Crippen molar-refractivity contribution in [2.24, 2.45) is 5.73 Å². The first-order valence-corrected chi connectivity index (χ1v) is 7.08. The fourth-order valence-corrected chi connectivity index (χ4v) is 2.82. The van der Waals surface area contributed by atoms with Crippen molar-refractivity contribution in [3.8, 4) is 0 Å². The van der Waals surface area contributed by atoms with Crippen LogP contribution in [0.1, 0.15) is 5.69 Å². The molecule has 0 aliphatic heterocycles. The largest absolute Gasteiger partial charge is 0.388 e. The Labute approximate surface area is 115 Å². The van der Waals surface area contributed by atoms with Gasteiger partial charge in [0.05, 0.1) is 0 Å². The zero-order valence-electron chi connectivity index (χ0n) is 9.65. The molecule has 0 aromatic carbocycles. The van der Waals surface area contributed by atoms with Gasteiger partial charge in [-0.25, -0.2) is 13.4 Å². The lowest BCUT2D eigenvalue weighted by atomic mass is 10.3. The molecule has 0 aliphatic rings. The van der Waals surface area contributed by atoms with Crippen molar-refractivity contribution < 1.29 is 8.42 Å². The van der Waals surface area contributed by atoms with Crippen molar-refractivity contribution in [2.45, 2.75) is 4.90 Å². The molecule has 8 heteroatoms. The fourth-order valence-electron chi connectivity index (χ4n) is 1.41. The van der Waals surface area contributed by atoms with Gasteiger partial charge in [0.1, 0.15) is 21.4 Å². The minimum atomic E-state index is -3.83. The predicted octanol–water partition coefficient (Wildman–Crippen LogP) is 0.912. The van der Waals surface area contributed by atoms with Crippen LogP contribution in [0, 0.1) is 0 Å². The maximum atomic E-state index is 12.2. The Morgan fingerprint density at radius 1 is 1.16 bits per heavy atom. The molecule has 0 radical (unpaired) electrons.